The van der Waals surface area contributed by atoms with E-state index >= 15 is 0 Å². The number of rotatable bonds is 5. The molecule has 2 fully saturated rings. The molecule has 1 aromatic rings. The summed E-state index contributed by atoms with van der Waals surface area (Å²) >= 11 is 0. The number of hydrogen-bond acceptors (Lipinski definition) is 4. The van der Waals surface area contributed by atoms with Gasteiger partial charge in [0, 0.05) is 38.1 Å². The molecule has 122 valence electrons. The van der Waals surface area contributed by atoms with Gasteiger partial charge in [-0.1, -0.05) is 6.07 Å². The molecule has 0 spiro atoms. The molecule has 0 unspecified atom stereocenters. The molecule has 0 amide bonds. The third-order valence-corrected chi connectivity index (χ3v) is 5.48. The third kappa shape index (κ3) is 3.67. The van der Waals surface area contributed by atoms with Crippen LogP contribution in [0, 0.1) is 5.92 Å². The predicted octanol–water partition coefficient (Wildman–Crippen LogP) is 2.62. The van der Waals surface area contributed by atoms with Crippen LogP contribution in [0.3, 0.4) is 0 Å². The summed E-state index contributed by atoms with van der Waals surface area (Å²) in [5.41, 5.74) is 1.36. The quantitative estimate of drug-likeness (QED) is 0.907. The Kier molecular flexibility index (Phi) is 5.45. The number of pyridine rings is 1. The summed E-state index contributed by atoms with van der Waals surface area (Å²) < 4.78 is 5.46. The standard InChI is InChI=1S/C18H29N3O/c1-21-11-9-15(18(21)14-4-3-10-19-12-14)13-20-16-5-7-17(22-2)8-6-16/h3-4,10,12,15-18,20H,5-9,11,13H2,1-2H3/t15-,16?,17?,18-/m0/s1. The second kappa shape index (κ2) is 7.53. The van der Waals surface area contributed by atoms with E-state index in [2.05, 4.69) is 34.4 Å². The number of nitrogens with one attached hydrogen (secondary N) is 1. The summed E-state index contributed by atoms with van der Waals surface area (Å²) in [6.07, 6.45) is 10.5. The minimum absolute atomic E-state index is 0.485. The zero-order valence-corrected chi connectivity index (χ0v) is 13.9. The highest BCUT2D eigenvalue weighted by atomic mass is 16.5. The molecule has 1 aliphatic carbocycles. The number of hydrogen-bond donors (Lipinski definition) is 1. The zero-order valence-electron chi connectivity index (χ0n) is 13.9. The highest BCUT2D eigenvalue weighted by molar-refractivity contribution is 5.17. The average Bonchev–Trinajstić information content (AvgIpc) is 2.95. The van der Waals surface area contributed by atoms with Crippen LogP contribution in [0.15, 0.2) is 24.5 Å². The number of methoxy groups -OCH3 is 1. The van der Waals surface area contributed by atoms with Gasteiger partial charge in [-0.15, -0.1) is 0 Å². The van der Waals surface area contributed by atoms with Gasteiger partial charge in [0.1, 0.15) is 0 Å². The van der Waals surface area contributed by atoms with Crippen LogP contribution in [-0.4, -0.2) is 49.3 Å². The Balaban J connectivity index is 1.53. The summed E-state index contributed by atoms with van der Waals surface area (Å²) in [6, 6.07) is 5.46. The van der Waals surface area contributed by atoms with E-state index in [0.717, 1.165) is 6.54 Å². The van der Waals surface area contributed by atoms with Gasteiger partial charge in [-0.05, 0) is 63.2 Å². The number of nitrogens with zero attached hydrogens (tertiary/aromatic N) is 2. The second-order valence-electron chi connectivity index (χ2n) is 6.88. The van der Waals surface area contributed by atoms with Crippen molar-refractivity contribution >= 4 is 0 Å². The lowest BCUT2D eigenvalue weighted by atomic mass is 9.91. The Morgan fingerprint density at radius 2 is 2.09 bits per heavy atom. The van der Waals surface area contributed by atoms with Gasteiger partial charge in [-0.2, -0.15) is 0 Å². The third-order valence-electron chi connectivity index (χ3n) is 5.48. The fourth-order valence-corrected chi connectivity index (χ4v) is 4.14. The van der Waals surface area contributed by atoms with Gasteiger partial charge in [0.05, 0.1) is 6.10 Å². The Labute approximate surface area is 134 Å². The van der Waals surface area contributed by atoms with E-state index in [0.29, 0.717) is 24.1 Å². The lowest BCUT2D eigenvalue weighted by Gasteiger charge is -2.31. The van der Waals surface area contributed by atoms with E-state index in [1.165, 1.54) is 44.2 Å². The summed E-state index contributed by atoms with van der Waals surface area (Å²) in [6.45, 7) is 2.30. The van der Waals surface area contributed by atoms with Crippen molar-refractivity contribution < 1.29 is 4.74 Å². The van der Waals surface area contributed by atoms with Crippen LogP contribution in [0.1, 0.15) is 43.7 Å². The van der Waals surface area contributed by atoms with Crippen molar-refractivity contribution in [2.75, 3.05) is 27.2 Å². The summed E-state index contributed by atoms with van der Waals surface area (Å²) in [5.74, 6) is 0.689. The summed E-state index contributed by atoms with van der Waals surface area (Å²) in [5, 5.41) is 3.83. The van der Waals surface area contributed by atoms with Gasteiger partial charge in [-0.25, -0.2) is 0 Å². The normalized spacial score (nSPS) is 33.2. The van der Waals surface area contributed by atoms with Crippen molar-refractivity contribution in [3.63, 3.8) is 0 Å². The van der Waals surface area contributed by atoms with Crippen LogP contribution in [0.5, 0.6) is 0 Å². The Morgan fingerprint density at radius 3 is 2.77 bits per heavy atom. The first-order valence-electron chi connectivity index (χ1n) is 8.64. The molecular weight excluding hydrogens is 274 g/mol. The lowest BCUT2D eigenvalue weighted by molar-refractivity contribution is 0.0618. The molecule has 22 heavy (non-hydrogen) atoms. The maximum Gasteiger partial charge on any atom is 0.0572 e. The first kappa shape index (κ1) is 15.9. The zero-order chi connectivity index (χ0) is 15.4. The predicted molar refractivity (Wildman–Crippen MR) is 88.8 cm³/mol. The molecule has 4 nitrogen and oxygen atoms in total. The fourth-order valence-electron chi connectivity index (χ4n) is 4.14. The monoisotopic (exact) mass is 303 g/mol. The number of ether oxygens (including phenoxy) is 1. The van der Waals surface area contributed by atoms with E-state index in [4.69, 9.17) is 4.74 Å². The molecule has 1 saturated carbocycles. The van der Waals surface area contributed by atoms with Crippen LogP contribution >= 0.6 is 0 Å². The molecule has 0 bridgehead atoms. The van der Waals surface area contributed by atoms with Crippen LogP contribution in [0.4, 0.5) is 0 Å². The van der Waals surface area contributed by atoms with E-state index in [-0.39, 0.29) is 0 Å². The minimum atomic E-state index is 0.485. The molecular formula is C18H29N3O. The van der Waals surface area contributed by atoms with Crippen molar-refractivity contribution in [2.45, 2.75) is 50.3 Å². The van der Waals surface area contributed by atoms with Gasteiger partial charge < -0.3 is 10.1 Å². The van der Waals surface area contributed by atoms with Gasteiger partial charge in [-0.3, -0.25) is 9.88 Å². The molecule has 2 aliphatic rings. The maximum atomic E-state index is 5.46. The smallest absolute Gasteiger partial charge is 0.0572 e. The Morgan fingerprint density at radius 1 is 1.27 bits per heavy atom. The van der Waals surface area contributed by atoms with E-state index in [1.807, 2.05) is 19.5 Å². The van der Waals surface area contributed by atoms with Gasteiger partial charge in [0.25, 0.3) is 0 Å². The molecule has 4 heteroatoms. The van der Waals surface area contributed by atoms with Crippen molar-refractivity contribution in [3.05, 3.63) is 30.1 Å². The van der Waals surface area contributed by atoms with Crippen molar-refractivity contribution in [1.82, 2.24) is 15.2 Å². The highest BCUT2D eigenvalue weighted by Crippen LogP contribution is 2.35. The van der Waals surface area contributed by atoms with Crippen LogP contribution in [-0.2, 0) is 4.74 Å². The molecule has 1 N–H and O–H groups in total. The van der Waals surface area contributed by atoms with Crippen molar-refractivity contribution in [1.29, 1.82) is 0 Å². The number of likely N-dealkylation sites (tertiary alicyclic amines) is 1. The van der Waals surface area contributed by atoms with E-state index in [1.54, 1.807) is 0 Å². The molecule has 1 aromatic heterocycles. The molecule has 1 saturated heterocycles. The minimum Gasteiger partial charge on any atom is -0.381 e. The molecule has 3 rings (SSSR count). The molecule has 2 atom stereocenters. The highest BCUT2D eigenvalue weighted by Gasteiger charge is 2.33. The van der Waals surface area contributed by atoms with E-state index < -0.39 is 0 Å². The van der Waals surface area contributed by atoms with Crippen molar-refractivity contribution in [3.8, 4) is 0 Å². The van der Waals surface area contributed by atoms with E-state index in [9.17, 15) is 0 Å². The summed E-state index contributed by atoms with van der Waals surface area (Å²) in [4.78, 5) is 6.78. The number of aromatic nitrogens is 1. The maximum absolute atomic E-state index is 5.46. The van der Waals surface area contributed by atoms with Crippen LogP contribution in [0.25, 0.3) is 0 Å². The lowest BCUT2D eigenvalue weighted by Crippen LogP contribution is -2.38. The molecule has 1 aliphatic heterocycles. The fraction of sp³-hybridized carbons (Fsp3) is 0.722. The first-order chi connectivity index (χ1) is 10.8. The summed E-state index contributed by atoms with van der Waals surface area (Å²) in [7, 11) is 4.08. The van der Waals surface area contributed by atoms with Gasteiger partial charge >= 0.3 is 0 Å². The second-order valence-corrected chi connectivity index (χ2v) is 6.88. The molecule has 0 radical (unpaired) electrons. The van der Waals surface area contributed by atoms with Crippen LogP contribution < -0.4 is 5.32 Å². The molecule has 2 heterocycles. The SMILES string of the molecule is COC1CCC(NC[C@@H]2CCN(C)[C@H]2c2cccnc2)CC1. The largest absolute Gasteiger partial charge is 0.381 e. The average molecular weight is 303 g/mol. The van der Waals surface area contributed by atoms with Gasteiger partial charge in [0.15, 0.2) is 0 Å². The Hall–Kier alpha value is -0.970. The van der Waals surface area contributed by atoms with Gasteiger partial charge in [0.2, 0.25) is 0 Å². The Bertz CT molecular complexity index is 445. The van der Waals surface area contributed by atoms with Crippen LogP contribution in [0.2, 0.25) is 0 Å². The topological polar surface area (TPSA) is 37.4 Å². The van der Waals surface area contributed by atoms with Crippen molar-refractivity contribution in [2.24, 2.45) is 5.92 Å². The first-order valence-corrected chi connectivity index (χ1v) is 8.64. The molecule has 0 aromatic carbocycles.